The van der Waals surface area contributed by atoms with E-state index < -0.39 is 35.8 Å². The highest BCUT2D eigenvalue weighted by Crippen LogP contribution is 2.34. The average Bonchev–Trinajstić information content (AvgIpc) is 3.30. The number of likely N-dealkylation sites (N-methyl/N-ethyl adjacent to an activating group) is 1. The van der Waals surface area contributed by atoms with Crippen molar-refractivity contribution >= 4 is 29.5 Å². The van der Waals surface area contributed by atoms with Crippen molar-refractivity contribution in [2.24, 2.45) is 13.0 Å². The number of anilines is 2. The van der Waals surface area contributed by atoms with Crippen LogP contribution in [0.5, 0.6) is 0 Å². The molecule has 3 N–H and O–H groups in total. The van der Waals surface area contributed by atoms with E-state index in [4.69, 9.17) is 5.73 Å². The minimum absolute atomic E-state index is 0.214. The summed E-state index contributed by atoms with van der Waals surface area (Å²) in [6.45, 7) is 5.28. The number of aromatic nitrogens is 3. The van der Waals surface area contributed by atoms with Crippen molar-refractivity contribution in [3.05, 3.63) is 70.8 Å². The van der Waals surface area contributed by atoms with Gasteiger partial charge < -0.3 is 11.1 Å². The Morgan fingerprint density at radius 3 is 2.61 bits per heavy atom. The number of carbonyl (C=O) groups excluding carboxylic acids is 3. The number of halogens is 1. The summed E-state index contributed by atoms with van der Waals surface area (Å²) in [5.74, 6) is -1.24. The van der Waals surface area contributed by atoms with Crippen LogP contribution in [0.4, 0.5) is 20.8 Å². The predicted molar refractivity (Wildman–Crippen MR) is 141 cm³/mol. The number of hydrogen-bond acceptors (Lipinski definition) is 6. The third kappa shape index (κ3) is 4.96. The summed E-state index contributed by atoms with van der Waals surface area (Å²) in [6, 6.07) is 7.51. The van der Waals surface area contributed by atoms with Crippen LogP contribution in [-0.2, 0) is 23.1 Å². The number of nitrogens with zero attached hydrogens (tertiary/aromatic N) is 5. The summed E-state index contributed by atoms with van der Waals surface area (Å²) in [6.07, 6.45) is 2.24. The Kier molecular flexibility index (Phi) is 7.47. The molecule has 1 aliphatic heterocycles. The number of pyridine rings is 1. The Bertz CT molecular complexity index is 1370. The lowest BCUT2D eigenvalue weighted by Crippen LogP contribution is -2.70. The van der Waals surface area contributed by atoms with Gasteiger partial charge in [-0.3, -0.25) is 24.1 Å². The molecule has 1 aromatic carbocycles. The van der Waals surface area contributed by atoms with Crippen molar-refractivity contribution in [3.8, 4) is 0 Å². The molecule has 4 amide bonds. The number of nitrogens with one attached hydrogen (secondary N) is 1. The van der Waals surface area contributed by atoms with Crippen LogP contribution in [0.3, 0.4) is 0 Å². The normalized spacial score (nSPS) is 17.6. The molecule has 38 heavy (non-hydrogen) atoms. The van der Waals surface area contributed by atoms with Crippen LogP contribution in [0, 0.1) is 25.6 Å². The lowest BCUT2D eigenvalue weighted by Gasteiger charge is -2.46. The number of amides is 4. The smallest absolute Gasteiger partial charge is 0.325 e. The lowest BCUT2D eigenvalue weighted by atomic mass is 9.81. The van der Waals surface area contributed by atoms with Crippen LogP contribution in [0.25, 0.3) is 0 Å². The Balaban J connectivity index is 1.63. The van der Waals surface area contributed by atoms with Gasteiger partial charge in [0.2, 0.25) is 5.91 Å². The first-order valence-electron chi connectivity index (χ1n) is 12.4. The number of urea groups is 1. The van der Waals surface area contributed by atoms with Gasteiger partial charge in [0, 0.05) is 25.9 Å². The number of nitrogen functional groups attached to an aromatic ring is 1. The summed E-state index contributed by atoms with van der Waals surface area (Å²) >= 11 is 0. The number of aryl methyl sites for hydroxylation is 2. The summed E-state index contributed by atoms with van der Waals surface area (Å²) in [4.78, 5) is 47.1. The number of hydrogen-bond donors (Lipinski definition) is 2. The third-order valence-electron chi connectivity index (χ3n) is 7.03. The molecule has 0 aliphatic carbocycles. The molecule has 3 heterocycles. The summed E-state index contributed by atoms with van der Waals surface area (Å²) < 4.78 is 15.7. The molecule has 3 atom stereocenters. The van der Waals surface area contributed by atoms with Crippen molar-refractivity contribution in [2.45, 2.75) is 45.7 Å². The average molecular weight is 522 g/mol. The Hall–Kier alpha value is -4.28. The fourth-order valence-electron chi connectivity index (χ4n) is 5.02. The molecule has 0 spiro atoms. The van der Waals surface area contributed by atoms with Gasteiger partial charge in [-0.1, -0.05) is 19.1 Å². The van der Waals surface area contributed by atoms with E-state index >= 15 is 0 Å². The molecule has 0 bridgehead atoms. The van der Waals surface area contributed by atoms with Gasteiger partial charge in [-0.05, 0) is 61.6 Å². The fraction of sp³-hybridized carbons (Fsp3) is 0.370. The predicted octanol–water partition coefficient (Wildman–Crippen LogP) is 3.05. The molecule has 11 heteroatoms. The first kappa shape index (κ1) is 26.8. The van der Waals surface area contributed by atoms with Gasteiger partial charge >= 0.3 is 6.03 Å². The van der Waals surface area contributed by atoms with Crippen LogP contribution in [-0.4, -0.2) is 50.6 Å². The zero-order valence-electron chi connectivity index (χ0n) is 22.1. The molecule has 0 saturated carbocycles. The molecular formula is C27H32FN7O3. The zero-order chi connectivity index (χ0) is 27.7. The Labute approximate surface area is 220 Å². The van der Waals surface area contributed by atoms with Gasteiger partial charge in [0.1, 0.15) is 23.5 Å². The SMILES string of the molecule is CC[C@@H](NC(=O)N1C(=O)[C@H](Cc2cc(C)nc(N)c2)[C@H]1C(=O)N(C)c1ccnn1C)c1cccc(F)c1C. The molecule has 4 rings (SSSR count). The second-order valence-electron chi connectivity index (χ2n) is 9.58. The molecule has 0 unspecified atom stereocenters. The summed E-state index contributed by atoms with van der Waals surface area (Å²) in [5, 5.41) is 6.95. The lowest BCUT2D eigenvalue weighted by molar-refractivity contribution is -0.156. The highest BCUT2D eigenvalue weighted by Gasteiger charge is 2.55. The van der Waals surface area contributed by atoms with E-state index in [0.717, 1.165) is 10.5 Å². The topological polar surface area (TPSA) is 126 Å². The van der Waals surface area contributed by atoms with Crippen molar-refractivity contribution in [1.82, 2.24) is 25.0 Å². The number of likely N-dealkylation sites (tertiary alicyclic amines) is 1. The third-order valence-corrected chi connectivity index (χ3v) is 7.03. The van der Waals surface area contributed by atoms with Crippen LogP contribution in [0.1, 0.15) is 41.8 Å². The van der Waals surface area contributed by atoms with Gasteiger partial charge in [0.05, 0.1) is 18.2 Å². The monoisotopic (exact) mass is 521 g/mol. The minimum atomic E-state index is -1.05. The second-order valence-corrected chi connectivity index (χ2v) is 9.58. The number of benzene rings is 1. The van der Waals surface area contributed by atoms with Crippen molar-refractivity contribution in [1.29, 1.82) is 0 Å². The molecule has 200 valence electrons. The Morgan fingerprint density at radius 2 is 1.97 bits per heavy atom. The van der Waals surface area contributed by atoms with Crippen LogP contribution < -0.4 is 16.0 Å². The first-order chi connectivity index (χ1) is 18.0. The molecule has 1 aliphatic rings. The van der Waals surface area contributed by atoms with Gasteiger partial charge in [0.15, 0.2) is 0 Å². The highest BCUT2D eigenvalue weighted by molar-refractivity contribution is 6.12. The second kappa shape index (κ2) is 10.6. The van der Waals surface area contributed by atoms with E-state index in [0.29, 0.717) is 34.9 Å². The largest absolute Gasteiger partial charge is 0.384 e. The number of carbonyl (C=O) groups is 3. The van der Waals surface area contributed by atoms with E-state index in [9.17, 15) is 18.8 Å². The number of β-lactam (4-membered cyclic amide) rings is 1. The van der Waals surface area contributed by atoms with E-state index in [2.05, 4.69) is 15.4 Å². The minimum Gasteiger partial charge on any atom is -0.384 e. The molecule has 0 radical (unpaired) electrons. The number of nitrogens with two attached hydrogens (primary N) is 1. The molecule has 2 aromatic heterocycles. The van der Waals surface area contributed by atoms with Crippen LogP contribution >= 0.6 is 0 Å². The van der Waals surface area contributed by atoms with Gasteiger partial charge in [-0.2, -0.15) is 5.10 Å². The van der Waals surface area contributed by atoms with Crippen molar-refractivity contribution in [3.63, 3.8) is 0 Å². The molecule has 1 fully saturated rings. The molecule has 1 saturated heterocycles. The highest BCUT2D eigenvalue weighted by atomic mass is 19.1. The van der Waals surface area contributed by atoms with Gasteiger partial charge in [-0.25, -0.2) is 14.2 Å². The number of imide groups is 1. The number of rotatable bonds is 7. The molecule has 3 aromatic rings. The van der Waals surface area contributed by atoms with E-state index in [1.165, 1.54) is 15.6 Å². The van der Waals surface area contributed by atoms with E-state index in [1.807, 2.05) is 6.92 Å². The van der Waals surface area contributed by atoms with Crippen LogP contribution in [0.2, 0.25) is 0 Å². The maximum absolute atomic E-state index is 14.2. The van der Waals surface area contributed by atoms with Crippen molar-refractivity contribution < 1.29 is 18.8 Å². The Morgan fingerprint density at radius 1 is 1.24 bits per heavy atom. The summed E-state index contributed by atoms with van der Waals surface area (Å²) in [7, 11) is 3.28. The maximum atomic E-state index is 14.2. The van der Waals surface area contributed by atoms with Crippen LogP contribution in [0.15, 0.2) is 42.6 Å². The molecule has 10 nitrogen and oxygen atoms in total. The van der Waals surface area contributed by atoms with Gasteiger partial charge in [0.25, 0.3) is 5.91 Å². The zero-order valence-corrected chi connectivity index (χ0v) is 22.1. The van der Waals surface area contributed by atoms with Gasteiger partial charge in [-0.15, -0.1) is 0 Å². The quantitative estimate of drug-likeness (QED) is 0.460. The maximum Gasteiger partial charge on any atom is 0.325 e. The van der Waals surface area contributed by atoms with E-state index in [1.54, 1.807) is 64.5 Å². The fourth-order valence-corrected chi connectivity index (χ4v) is 5.02. The summed E-state index contributed by atoms with van der Waals surface area (Å²) in [5.41, 5.74) is 8.36. The molecular weight excluding hydrogens is 489 g/mol. The first-order valence-corrected chi connectivity index (χ1v) is 12.4. The van der Waals surface area contributed by atoms with E-state index in [-0.39, 0.29) is 12.2 Å². The van der Waals surface area contributed by atoms with Crippen molar-refractivity contribution in [2.75, 3.05) is 17.7 Å². The standard InChI is InChI=1S/C27H32FN7O3/c1-6-21(18-8-7-9-20(28)16(18)3)32-27(38)35-24(26(37)33(4)23-10-11-30-34(23)5)19(25(35)36)13-17-12-15(2)31-22(29)14-17/h7-12,14,19,21,24H,6,13H2,1-5H3,(H2,29,31)(H,32,38)/t19-,21-,24+/m1/s1.